The lowest BCUT2D eigenvalue weighted by Gasteiger charge is -2.12. The van der Waals surface area contributed by atoms with Crippen molar-refractivity contribution in [2.24, 2.45) is 0 Å². The summed E-state index contributed by atoms with van der Waals surface area (Å²) in [6, 6.07) is 3.82. The molecule has 0 bridgehead atoms. The van der Waals surface area contributed by atoms with Crippen LogP contribution in [-0.4, -0.2) is 4.98 Å². The highest BCUT2D eigenvalue weighted by Gasteiger charge is 2.09. The summed E-state index contributed by atoms with van der Waals surface area (Å²) in [6.07, 6.45) is 4.49. The first-order valence-electron chi connectivity index (χ1n) is 3.62. The molecule has 0 amide bonds. The van der Waals surface area contributed by atoms with Gasteiger partial charge in [0.05, 0.1) is 12.0 Å². The molecule has 56 valence electrons. The highest BCUT2D eigenvalue weighted by atomic mass is 16.5. The highest BCUT2D eigenvalue weighted by molar-refractivity contribution is 5.33. The fourth-order valence-corrected chi connectivity index (χ4v) is 1.13. The monoisotopic (exact) mass is 147 g/mol. The smallest absolute Gasteiger partial charge is 0.148 e. The molecule has 1 aromatic heterocycles. The van der Waals surface area contributed by atoms with E-state index in [0.717, 1.165) is 17.9 Å². The summed E-state index contributed by atoms with van der Waals surface area (Å²) < 4.78 is 5.31. The molecule has 0 unspecified atom stereocenters. The number of rotatable bonds is 0. The molecular formula is C9H9NO. The second kappa shape index (κ2) is 2.38. The summed E-state index contributed by atoms with van der Waals surface area (Å²) >= 11 is 0. The van der Waals surface area contributed by atoms with Crippen molar-refractivity contribution in [2.45, 2.75) is 13.3 Å². The van der Waals surface area contributed by atoms with Crippen molar-refractivity contribution in [3.63, 3.8) is 0 Å². The van der Waals surface area contributed by atoms with Crippen LogP contribution in [0.5, 0.6) is 5.75 Å². The maximum Gasteiger partial charge on any atom is 0.148 e. The summed E-state index contributed by atoms with van der Waals surface area (Å²) in [5.74, 6) is 0.887. The molecule has 0 fully saturated rings. The predicted molar refractivity (Wildman–Crippen MR) is 42.3 cm³/mol. The standard InChI is InChI=1S/C9H9NO/c1-7-5-8-9(11-6-7)3-2-4-10-8/h2-4,6H,5H2,1H3. The zero-order chi connectivity index (χ0) is 7.68. The van der Waals surface area contributed by atoms with Gasteiger partial charge in [0, 0.05) is 12.6 Å². The van der Waals surface area contributed by atoms with Gasteiger partial charge >= 0.3 is 0 Å². The molecule has 0 saturated carbocycles. The Morgan fingerprint density at radius 1 is 1.55 bits per heavy atom. The van der Waals surface area contributed by atoms with Gasteiger partial charge in [-0.2, -0.15) is 0 Å². The van der Waals surface area contributed by atoms with Gasteiger partial charge in [-0.25, -0.2) is 0 Å². The Labute approximate surface area is 65.5 Å². The van der Waals surface area contributed by atoms with Gasteiger partial charge in [-0.05, 0) is 24.6 Å². The number of nitrogens with zero attached hydrogens (tertiary/aromatic N) is 1. The van der Waals surface area contributed by atoms with Crippen molar-refractivity contribution in [3.8, 4) is 5.75 Å². The van der Waals surface area contributed by atoms with Gasteiger partial charge in [-0.3, -0.25) is 4.98 Å². The van der Waals surface area contributed by atoms with Crippen LogP contribution in [0.3, 0.4) is 0 Å². The molecule has 0 spiro atoms. The molecule has 1 aliphatic heterocycles. The molecule has 0 N–H and O–H groups in total. The van der Waals surface area contributed by atoms with Crippen LogP contribution in [-0.2, 0) is 6.42 Å². The first kappa shape index (κ1) is 6.40. The summed E-state index contributed by atoms with van der Waals surface area (Å²) in [6.45, 7) is 2.04. The zero-order valence-corrected chi connectivity index (χ0v) is 6.37. The van der Waals surface area contributed by atoms with E-state index in [4.69, 9.17) is 4.74 Å². The molecule has 0 atom stereocenters. The number of hydrogen-bond donors (Lipinski definition) is 0. The molecule has 0 aliphatic carbocycles. The average molecular weight is 147 g/mol. The topological polar surface area (TPSA) is 22.1 Å². The van der Waals surface area contributed by atoms with Gasteiger partial charge in [-0.1, -0.05) is 0 Å². The molecule has 1 aliphatic rings. The Balaban J connectivity index is 2.42. The van der Waals surface area contributed by atoms with Crippen LogP contribution in [0.15, 0.2) is 30.2 Å². The molecule has 0 saturated heterocycles. The number of allylic oxidation sites excluding steroid dienone is 1. The minimum absolute atomic E-state index is 0.887. The van der Waals surface area contributed by atoms with Crippen molar-refractivity contribution in [1.82, 2.24) is 4.98 Å². The van der Waals surface area contributed by atoms with E-state index in [1.54, 1.807) is 12.5 Å². The molecule has 2 heterocycles. The van der Waals surface area contributed by atoms with E-state index in [1.807, 2.05) is 19.1 Å². The second-order valence-corrected chi connectivity index (χ2v) is 2.71. The van der Waals surface area contributed by atoms with Gasteiger partial charge in [0.2, 0.25) is 0 Å². The van der Waals surface area contributed by atoms with E-state index < -0.39 is 0 Å². The number of hydrogen-bond acceptors (Lipinski definition) is 2. The van der Waals surface area contributed by atoms with Gasteiger partial charge in [-0.15, -0.1) is 0 Å². The van der Waals surface area contributed by atoms with Gasteiger partial charge in [0.1, 0.15) is 5.75 Å². The normalized spacial score (nSPS) is 14.8. The lowest BCUT2D eigenvalue weighted by molar-refractivity contribution is 0.452. The van der Waals surface area contributed by atoms with Crippen molar-refractivity contribution in [3.05, 3.63) is 35.9 Å². The van der Waals surface area contributed by atoms with Crippen LogP contribution in [0.1, 0.15) is 12.6 Å². The first-order chi connectivity index (χ1) is 5.36. The van der Waals surface area contributed by atoms with E-state index in [-0.39, 0.29) is 0 Å². The van der Waals surface area contributed by atoms with Gasteiger partial charge in [0.15, 0.2) is 0 Å². The third kappa shape index (κ3) is 1.11. The Kier molecular flexibility index (Phi) is 1.39. The van der Waals surface area contributed by atoms with Crippen LogP contribution < -0.4 is 4.74 Å². The molecule has 1 aromatic rings. The molecule has 11 heavy (non-hydrogen) atoms. The van der Waals surface area contributed by atoms with Crippen LogP contribution >= 0.6 is 0 Å². The van der Waals surface area contributed by atoms with Crippen LogP contribution in [0.25, 0.3) is 0 Å². The van der Waals surface area contributed by atoms with E-state index >= 15 is 0 Å². The fourth-order valence-electron chi connectivity index (χ4n) is 1.13. The lowest BCUT2D eigenvalue weighted by Crippen LogP contribution is -2.02. The van der Waals surface area contributed by atoms with Crippen molar-refractivity contribution >= 4 is 0 Å². The quantitative estimate of drug-likeness (QED) is 0.559. The summed E-state index contributed by atoms with van der Waals surface area (Å²) in [5.41, 5.74) is 2.25. The Hall–Kier alpha value is -1.31. The largest absolute Gasteiger partial charge is 0.463 e. The molecule has 0 aromatic carbocycles. The Bertz CT molecular complexity index is 304. The number of ether oxygens (including phenoxy) is 1. The SMILES string of the molecule is CC1=COc2cccnc2C1. The minimum atomic E-state index is 0.887. The first-order valence-corrected chi connectivity index (χ1v) is 3.62. The highest BCUT2D eigenvalue weighted by Crippen LogP contribution is 2.22. The molecule has 2 heteroatoms. The van der Waals surface area contributed by atoms with Gasteiger partial charge in [0.25, 0.3) is 0 Å². The second-order valence-electron chi connectivity index (χ2n) is 2.71. The molecule has 2 rings (SSSR count). The Morgan fingerprint density at radius 3 is 3.36 bits per heavy atom. The number of aromatic nitrogens is 1. The third-order valence-corrected chi connectivity index (χ3v) is 1.68. The average Bonchev–Trinajstić information content (AvgIpc) is 2.04. The van der Waals surface area contributed by atoms with Crippen LogP contribution in [0.4, 0.5) is 0 Å². The predicted octanol–water partition coefficient (Wildman–Crippen LogP) is 1.92. The third-order valence-electron chi connectivity index (χ3n) is 1.68. The lowest BCUT2D eigenvalue weighted by atomic mass is 10.1. The fraction of sp³-hybridized carbons (Fsp3) is 0.222. The van der Waals surface area contributed by atoms with Crippen LogP contribution in [0.2, 0.25) is 0 Å². The minimum Gasteiger partial charge on any atom is -0.463 e. The molecule has 2 nitrogen and oxygen atoms in total. The maximum atomic E-state index is 5.31. The summed E-state index contributed by atoms with van der Waals surface area (Å²) in [5, 5.41) is 0. The maximum absolute atomic E-state index is 5.31. The van der Waals surface area contributed by atoms with Crippen molar-refractivity contribution in [1.29, 1.82) is 0 Å². The summed E-state index contributed by atoms with van der Waals surface area (Å²) in [7, 11) is 0. The van der Waals surface area contributed by atoms with E-state index in [0.29, 0.717) is 0 Å². The van der Waals surface area contributed by atoms with E-state index in [1.165, 1.54) is 5.57 Å². The summed E-state index contributed by atoms with van der Waals surface area (Å²) in [4.78, 5) is 4.20. The number of pyridine rings is 1. The van der Waals surface area contributed by atoms with Gasteiger partial charge < -0.3 is 4.74 Å². The molecular weight excluding hydrogens is 138 g/mol. The zero-order valence-electron chi connectivity index (χ0n) is 6.37. The number of fused-ring (bicyclic) bond motifs is 1. The van der Waals surface area contributed by atoms with Crippen molar-refractivity contribution in [2.75, 3.05) is 0 Å². The van der Waals surface area contributed by atoms with E-state index in [2.05, 4.69) is 4.98 Å². The molecule has 0 radical (unpaired) electrons. The van der Waals surface area contributed by atoms with Crippen molar-refractivity contribution < 1.29 is 4.74 Å². The van der Waals surface area contributed by atoms with E-state index in [9.17, 15) is 0 Å². The van der Waals surface area contributed by atoms with Crippen LogP contribution in [0, 0.1) is 0 Å². The Morgan fingerprint density at radius 2 is 2.45 bits per heavy atom.